The standard InChI is InChI=1S/C26H30F2N4O2.C24H24F2N4O3.C24H26F2N4O2/c1-16(2)15-34-26(33)29-18-10-12-32(13-11-18)25-21-9-8-17(3)14-22(21)30-24(31-25)20-7-5-4-6-19(20)23(27)28;1-14-6-7-19-20(10-14)28-22(18-5-3-2-4-17(18)21(25)26)29-23(19)30-11-15(12-30)27-24(31)33-16-8-9-32-13-16;1-14(2)13-32-24(31)27-16-11-30(12-16)23-19-9-8-15(3)10-20(19)28-22(29-23)18-7-5-4-6-17(18)21(25)26/h4-9,14,16,18,23H,10-13,15H2,1-3H3,(H,29,33);2-7,10,15-16,21H,8-9,11-13H2,1H3,(H,27,31);4-10,14,16,21H,11-13H2,1-3H3,(H,27,31)/t;16-;/m.0./s1. The molecular weight excluding hydrogens is 1280 g/mol. The van der Waals surface area contributed by atoms with Crippen molar-refractivity contribution in [1.29, 1.82) is 0 Å². The molecule has 3 amide bonds. The maximum Gasteiger partial charge on any atom is 0.407 e. The van der Waals surface area contributed by atoms with Gasteiger partial charge in [-0.1, -0.05) is 119 Å². The number of halogens is 6. The van der Waals surface area contributed by atoms with Crippen molar-refractivity contribution in [3.05, 3.63) is 161 Å². The lowest BCUT2D eigenvalue weighted by molar-refractivity contribution is 0.0798. The molecule has 0 saturated carbocycles. The molecule has 4 saturated heterocycles. The Morgan fingerprint density at radius 1 is 0.465 bits per heavy atom. The monoisotopic (exact) mass is 1360 g/mol. The lowest BCUT2D eigenvalue weighted by Gasteiger charge is -2.40. The van der Waals surface area contributed by atoms with Gasteiger partial charge < -0.3 is 49.6 Å². The van der Waals surface area contributed by atoms with Crippen LogP contribution in [0.4, 0.5) is 58.2 Å². The third kappa shape index (κ3) is 17.5. The number of alkyl carbamates (subject to hydrolysis) is 3. The number of fused-ring (bicyclic) bond motifs is 3. The number of aryl methyl sites for hydroxylation is 3. The Labute approximate surface area is 570 Å². The molecule has 1 atom stereocenters. The van der Waals surface area contributed by atoms with Gasteiger partial charge in [-0.15, -0.1) is 0 Å². The summed E-state index contributed by atoms with van der Waals surface area (Å²) in [6.07, 6.45) is -7.17. The number of benzene rings is 6. The average molecular weight is 1360 g/mol. The smallest absolute Gasteiger partial charge is 0.407 e. The number of nitrogens with zero attached hydrogens (tertiary/aromatic N) is 9. The molecule has 0 unspecified atom stereocenters. The summed E-state index contributed by atoms with van der Waals surface area (Å²) in [7, 11) is 0. The van der Waals surface area contributed by atoms with Gasteiger partial charge in [-0.2, -0.15) is 0 Å². The van der Waals surface area contributed by atoms with Crippen molar-refractivity contribution >= 4 is 68.4 Å². The molecule has 520 valence electrons. The van der Waals surface area contributed by atoms with Crippen LogP contribution in [-0.2, 0) is 18.9 Å². The second kappa shape index (κ2) is 31.7. The summed E-state index contributed by atoms with van der Waals surface area (Å²) >= 11 is 0. The largest absolute Gasteiger partial charge is 0.449 e. The first-order valence-corrected chi connectivity index (χ1v) is 33.2. The maximum absolute atomic E-state index is 13.7. The Morgan fingerprint density at radius 2 is 0.818 bits per heavy atom. The summed E-state index contributed by atoms with van der Waals surface area (Å²) in [6, 6.07) is 36.5. The van der Waals surface area contributed by atoms with E-state index in [-0.39, 0.29) is 70.5 Å². The Morgan fingerprint density at radius 3 is 1.17 bits per heavy atom. The Balaban J connectivity index is 0.000000150. The molecule has 0 spiro atoms. The van der Waals surface area contributed by atoms with E-state index in [1.807, 2.05) is 113 Å². The van der Waals surface area contributed by atoms with Gasteiger partial charge in [0.1, 0.15) is 23.6 Å². The highest BCUT2D eigenvalue weighted by Crippen LogP contribution is 2.38. The number of hydrogen-bond donors (Lipinski definition) is 3. The zero-order chi connectivity index (χ0) is 70.0. The minimum absolute atomic E-state index is 0.0188. The van der Waals surface area contributed by atoms with Crippen LogP contribution >= 0.6 is 0 Å². The number of nitrogens with one attached hydrogen (secondary N) is 3. The van der Waals surface area contributed by atoms with Crippen molar-refractivity contribution in [3.63, 3.8) is 0 Å². The normalized spacial score (nSPS) is 15.8. The summed E-state index contributed by atoms with van der Waals surface area (Å²) in [5.74, 6) is 3.43. The molecule has 0 aliphatic carbocycles. The highest BCUT2D eigenvalue weighted by atomic mass is 19.3. The summed E-state index contributed by atoms with van der Waals surface area (Å²) in [6.45, 7) is 19.1. The minimum Gasteiger partial charge on any atom is -0.449 e. The molecule has 3 aromatic heterocycles. The second-order valence-electron chi connectivity index (χ2n) is 26.1. The molecule has 6 aromatic carbocycles. The lowest BCUT2D eigenvalue weighted by Crippen LogP contribution is -2.60. The van der Waals surface area contributed by atoms with E-state index >= 15 is 0 Å². The molecular formula is C74H80F6N12O7. The molecule has 13 rings (SSSR count). The van der Waals surface area contributed by atoms with Crippen LogP contribution in [-0.4, -0.2) is 138 Å². The first-order chi connectivity index (χ1) is 47.6. The van der Waals surface area contributed by atoms with Crippen LogP contribution in [0.2, 0.25) is 0 Å². The summed E-state index contributed by atoms with van der Waals surface area (Å²) in [5.41, 5.74) is 5.88. The fourth-order valence-electron chi connectivity index (χ4n) is 12.0. The zero-order valence-corrected chi connectivity index (χ0v) is 56.2. The van der Waals surface area contributed by atoms with Crippen LogP contribution in [0, 0.1) is 32.6 Å². The summed E-state index contributed by atoms with van der Waals surface area (Å²) < 4.78 is 103. The third-order valence-corrected chi connectivity index (χ3v) is 17.2. The summed E-state index contributed by atoms with van der Waals surface area (Å²) in [4.78, 5) is 70.3. The molecule has 3 N–H and O–H groups in total. The van der Waals surface area contributed by atoms with Gasteiger partial charge in [0.25, 0.3) is 19.3 Å². The van der Waals surface area contributed by atoms with Crippen LogP contribution < -0.4 is 30.7 Å². The zero-order valence-electron chi connectivity index (χ0n) is 56.2. The van der Waals surface area contributed by atoms with E-state index in [0.29, 0.717) is 117 Å². The molecule has 4 aliphatic heterocycles. The minimum atomic E-state index is -2.63. The van der Waals surface area contributed by atoms with Crippen LogP contribution in [0.5, 0.6) is 0 Å². The van der Waals surface area contributed by atoms with E-state index in [1.165, 1.54) is 18.2 Å². The molecule has 4 aliphatic rings. The first kappa shape index (κ1) is 70.4. The fraction of sp³-hybridized carbons (Fsp3) is 0.392. The van der Waals surface area contributed by atoms with Crippen molar-refractivity contribution in [2.45, 2.75) is 111 Å². The topological polar surface area (TPSA) is 211 Å². The van der Waals surface area contributed by atoms with Gasteiger partial charge in [0, 0.05) is 101 Å². The highest BCUT2D eigenvalue weighted by molar-refractivity contribution is 5.94. The van der Waals surface area contributed by atoms with Gasteiger partial charge in [-0.3, -0.25) is 0 Å². The van der Waals surface area contributed by atoms with Gasteiger partial charge in [-0.25, -0.2) is 70.6 Å². The molecule has 4 fully saturated rings. The Bertz CT molecular complexity index is 4330. The van der Waals surface area contributed by atoms with Crippen molar-refractivity contribution in [2.24, 2.45) is 11.8 Å². The molecule has 19 nitrogen and oxygen atoms in total. The van der Waals surface area contributed by atoms with Crippen molar-refractivity contribution in [3.8, 4) is 34.2 Å². The van der Waals surface area contributed by atoms with Gasteiger partial charge in [0.15, 0.2) is 17.5 Å². The predicted octanol–water partition coefficient (Wildman–Crippen LogP) is 15.3. The van der Waals surface area contributed by atoms with E-state index in [9.17, 15) is 40.7 Å². The van der Waals surface area contributed by atoms with Crippen molar-refractivity contribution in [2.75, 3.05) is 80.4 Å². The lowest BCUT2D eigenvalue weighted by atomic mass is 10.0. The van der Waals surface area contributed by atoms with Crippen molar-refractivity contribution < 1.29 is 59.7 Å². The number of rotatable bonds is 17. The van der Waals surface area contributed by atoms with Gasteiger partial charge in [-0.05, 0) is 98.5 Å². The molecule has 25 heteroatoms. The number of hydrogen-bond acceptors (Lipinski definition) is 16. The number of anilines is 3. The molecule has 99 heavy (non-hydrogen) atoms. The molecule has 0 radical (unpaired) electrons. The van der Waals surface area contributed by atoms with E-state index in [1.54, 1.807) is 54.6 Å². The van der Waals surface area contributed by atoms with E-state index in [4.69, 9.17) is 23.9 Å². The number of piperidine rings is 1. The number of carbonyl (C=O) groups excluding carboxylic acids is 3. The molecule has 9 aromatic rings. The molecule has 7 heterocycles. The van der Waals surface area contributed by atoms with Gasteiger partial charge in [0.05, 0.1) is 55.1 Å². The third-order valence-electron chi connectivity index (χ3n) is 17.2. The van der Waals surface area contributed by atoms with Crippen LogP contribution in [0.1, 0.15) is 99.6 Å². The predicted molar refractivity (Wildman–Crippen MR) is 369 cm³/mol. The second-order valence-corrected chi connectivity index (χ2v) is 26.1. The van der Waals surface area contributed by atoms with E-state index in [2.05, 4.69) is 45.8 Å². The number of amides is 3. The van der Waals surface area contributed by atoms with E-state index < -0.39 is 31.5 Å². The van der Waals surface area contributed by atoms with Gasteiger partial charge >= 0.3 is 18.3 Å². The van der Waals surface area contributed by atoms with Crippen molar-refractivity contribution in [1.82, 2.24) is 45.9 Å². The maximum atomic E-state index is 13.7. The van der Waals surface area contributed by atoms with Crippen LogP contribution in [0.25, 0.3) is 66.9 Å². The Kier molecular flexibility index (Phi) is 22.6. The highest BCUT2D eigenvalue weighted by Gasteiger charge is 2.35. The van der Waals surface area contributed by atoms with Gasteiger partial charge in [0.2, 0.25) is 0 Å². The Hall–Kier alpha value is -9.91. The number of aromatic nitrogens is 6. The number of carbonyl (C=O) groups is 3. The summed E-state index contributed by atoms with van der Waals surface area (Å²) in [5, 5.41) is 11.2. The average Bonchev–Trinajstić information content (AvgIpc) is 0.899. The fourth-order valence-corrected chi connectivity index (χ4v) is 12.0. The van der Waals surface area contributed by atoms with E-state index in [0.717, 1.165) is 57.0 Å². The van der Waals surface area contributed by atoms with Crippen LogP contribution in [0.3, 0.4) is 0 Å². The number of ether oxygens (including phenoxy) is 4. The SMILES string of the molecule is Cc1ccc2c(N3CC(NC(=O)OCC(C)C)C3)nc(-c3ccccc3C(F)F)nc2c1.Cc1ccc2c(N3CC(NC(=O)O[C@H]4CCOC4)C3)nc(-c3ccccc3C(F)F)nc2c1.Cc1ccc2c(N3CCC(NC(=O)OCC(C)C)CC3)nc(-c3ccccc3C(F)F)nc2c1. The quantitative estimate of drug-likeness (QED) is 0.0571. The van der Waals surface area contributed by atoms with Crippen LogP contribution in [0.15, 0.2) is 127 Å². The molecule has 0 bridgehead atoms. The first-order valence-electron chi connectivity index (χ1n) is 33.2. The number of alkyl halides is 6.